The standard InChI is InChI=1S/C24H28N2O4/c1-6-25(18-10-8-7-9-11-18)22-21(23(27)26(24(22)28)15-16(2)3)17-12-13-19(29-4)20(14-17)30-5/h7-14,16H,6,15H2,1-5H3. The molecule has 0 saturated carbocycles. The van der Waals surface area contributed by atoms with Crippen molar-refractivity contribution in [2.75, 3.05) is 32.2 Å². The van der Waals surface area contributed by atoms with Gasteiger partial charge in [0.15, 0.2) is 11.5 Å². The lowest BCUT2D eigenvalue weighted by Gasteiger charge is -2.25. The molecule has 2 aromatic carbocycles. The van der Waals surface area contributed by atoms with Gasteiger partial charge in [0, 0.05) is 18.8 Å². The van der Waals surface area contributed by atoms with Gasteiger partial charge in [-0.2, -0.15) is 0 Å². The van der Waals surface area contributed by atoms with Gasteiger partial charge in [0.05, 0.1) is 19.8 Å². The molecule has 0 N–H and O–H groups in total. The lowest BCUT2D eigenvalue weighted by Crippen LogP contribution is -2.37. The van der Waals surface area contributed by atoms with E-state index in [2.05, 4.69) is 0 Å². The number of carbonyl (C=O) groups is 2. The van der Waals surface area contributed by atoms with E-state index >= 15 is 0 Å². The highest BCUT2D eigenvalue weighted by atomic mass is 16.5. The number of anilines is 1. The van der Waals surface area contributed by atoms with Gasteiger partial charge in [0.1, 0.15) is 5.70 Å². The number of ether oxygens (including phenoxy) is 2. The molecule has 0 spiro atoms. The van der Waals surface area contributed by atoms with Crippen LogP contribution >= 0.6 is 0 Å². The van der Waals surface area contributed by atoms with Gasteiger partial charge in [0.25, 0.3) is 11.8 Å². The first-order chi connectivity index (χ1) is 14.4. The van der Waals surface area contributed by atoms with E-state index in [-0.39, 0.29) is 17.7 Å². The van der Waals surface area contributed by atoms with Gasteiger partial charge in [-0.05, 0) is 42.7 Å². The molecule has 2 aromatic rings. The van der Waals surface area contributed by atoms with Crippen molar-refractivity contribution in [3.8, 4) is 11.5 Å². The second-order valence-electron chi connectivity index (χ2n) is 7.49. The summed E-state index contributed by atoms with van der Waals surface area (Å²) in [7, 11) is 3.11. The predicted octanol–water partition coefficient (Wildman–Crippen LogP) is 3.97. The lowest BCUT2D eigenvalue weighted by molar-refractivity contribution is -0.137. The molecular formula is C24H28N2O4. The van der Waals surface area contributed by atoms with Crippen molar-refractivity contribution in [2.45, 2.75) is 20.8 Å². The summed E-state index contributed by atoms with van der Waals surface area (Å²) in [5.74, 6) is 0.673. The van der Waals surface area contributed by atoms with Crippen molar-refractivity contribution in [2.24, 2.45) is 5.92 Å². The van der Waals surface area contributed by atoms with Gasteiger partial charge in [-0.3, -0.25) is 14.5 Å². The summed E-state index contributed by atoms with van der Waals surface area (Å²) in [5, 5.41) is 0. The Balaban J connectivity index is 2.21. The summed E-state index contributed by atoms with van der Waals surface area (Å²) in [4.78, 5) is 30.1. The van der Waals surface area contributed by atoms with Crippen LogP contribution in [0, 0.1) is 5.92 Å². The molecule has 1 heterocycles. The van der Waals surface area contributed by atoms with Crippen molar-refractivity contribution >= 4 is 23.1 Å². The van der Waals surface area contributed by atoms with Crippen LogP contribution in [0.25, 0.3) is 5.57 Å². The summed E-state index contributed by atoms with van der Waals surface area (Å²) < 4.78 is 10.8. The molecule has 0 aliphatic carbocycles. The Morgan fingerprint density at radius 3 is 2.17 bits per heavy atom. The second kappa shape index (κ2) is 9.03. The number of methoxy groups -OCH3 is 2. The van der Waals surface area contributed by atoms with Crippen molar-refractivity contribution < 1.29 is 19.1 Å². The average Bonchev–Trinajstić information content (AvgIpc) is 2.99. The Morgan fingerprint density at radius 2 is 1.60 bits per heavy atom. The number of para-hydroxylation sites is 1. The Morgan fingerprint density at radius 1 is 0.933 bits per heavy atom. The summed E-state index contributed by atoms with van der Waals surface area (Å²) >= 11 is 0. The number of hydrogen-bond donors (Lipinski definition) is 0. The smallest absolute Gasteiger partial charge is 0.278 e. The number of hydrogen-bond acceptors (Lipinski definition) is 5. The second-order valence-corrected chi connectivity index (χ2v) is 7.49. The van der Waals surface area contributed by atoms with Crippen LogP contribution in [0.5, 0.6) is 11.5 Å². The zero-order valence-corrected chi connectivity index (χ0v) is 18.1. The zero-order chi connectivity index (χ0) is 21.8. The number of likely N-dealkylation sites (N-methyl/N-ethyl adjacent to an activating group) is 1. The topological polar surface area (TPSA) is 59.1 Å². The largest absolute Gasteiger partial charge is 0.493 e. The van der Waals surface area contributed by atoms with Crippen LogP contribution in [0.15, 0.2) is 54.2 Å². The van der Waals surface area contributed by atoms with Crippen molar-refractivity contribution in [1.29, 1.82) is 0 Å². The summed E-state index contributed by atoms with van der Waals surface area (Å²) in [5.41, 5.74) is 2.26. The number of nitrogens with zero attached hydrogens (tertiary/aromatic N) is 2. The minimum absolute atomic E-state index is 0.163. The van der Waals surface area contributed by atoms with Gasteiger partial charge >= 0.3 is 0 Å². The molecule has 0 bridgehead atoms. The summed E-state index contributed by atoms with van der Waals surface area (Å²) in [6, 6.07) is 14.9. The van der Waals surface area contributed by atoms with Crippen LogP contribution in [0.2, 0.25) is 0 Å². The maximum absolute atomic E-state index is 13.4. The highest BCUT2D eigenvalue weighted by Gasteiger charge is 2.42. The first kappa shape index (κ1) is 21.4. The van der Waals surface area contributed by atoms with Crippen molar-refractivity contribution in [3.63, 3.8) is 0 Å². The van der Waals surface area contributed by atoms with E-state index in [9.17, 15) is 9.59 Å². The number of rotatable bonds is 8. The molecule has 6 nitrogen and oxygen atoms in total. The molecule has 0 saturated heterocycles. The third-order valence-corrected chi connectivity index (χ3v) is 5.02. The minimum Gasteiger partial charge on any atom is -0.493 e. The molecule has 158 valence electrons. The number of carbonyl (C=O) groups excluding carboxylic acids is 2. The molecule has 0 radical (unpaired) electrons. The van der Waals surface area contributed by atoms with E-state index in [0.29, 0.717) is 41.4 Å². The van der Waals surface area contributed by atoms with Gasteiger partial charge in [0.2, 0.25) is 0 Å². The Kier molecular flexibility index (Phi) is 6.45. The fraction of sp³-hybridized carbons (Fsp3) is 0.333. The monoisotopic (exact) mass is 408 g/mol. The van der Waals surface area contributed by atoms with Gasteiger partial charge < -0.3 is 14.4 Å². The molecule has 2 amide bonds. The number of imide groups is 1. The molecular weight excluding hydrogens is 380 g/mol. The van der Waals surface area contributed by atoms with Gasteiger partial charge in [-0.15, -0.1) is 0 Å². The van der Waals surface area contributed by atoms with E-state index < -0.39 is 0 Å². The average molecular weight is 408 g/mol. The molecule has 0 fully saturated rings. The molecule has 0 atom stereocenters. The fourth-order valence-electron chi connectivity index (χ4n) is 3.67. The summed E-state index contributed by atoms with van der Waals surface area (Å²) in [6.45, 7) is 6.86. The quantitative estimate of drug-likeness (QED) is 0.619. The molecule has 1 aliphatic rings. The van der Waals surface area contributed by atoms with Gasteiger partial charge in [-0.25, -0.2) is 0 Å². The first-order valence-corrected chi connectivity index (χ1v) is 10.1. The molecule has 1 aliphatic heterocycles. The third kappa shape index (κ3) is 3.90. The summed E-state index contributed by atoms with van der Waals surface area (Å²) in [6.07, 6.45) is 0. The zero-order valence-electron chi connectivity index (χ0n) is 18.1. The van der Waals surface area contributed by atoms with Crippen LogP contribution in [-0.4, -0.2) is 44.0 Å². The van der Waals surface area contributed by atoms with Crippen LogP contribution in [0.3, 0.4) is 0 Å². The third-order valence-electron chi connectivity index (χ3n) is 5.02. The SMILES string of the molecule is CCN(C1=C(c2ccc(OC)c(OC)c2)C(=O)N(CC(C)C)C1=O)c1ccccc1. The van der Waals surface area contributed by atoms with Crippen LogP contribution < -0.4 is 14.4 Å². The van der Waals surface area contributed by atoms with Crippen LogP contribution in [0.4, 0.5) is 5.69 Å². The van der Waals surface area contributed by atoms with E-state index in [1.54, 1.807) is 32.4 Å². The van der Waals surface area contributed by atoms with Crippen molar-refractivity contribution in [1.82, 2.24) is 4.90 Å². The Bertz CT molecular complexity index is 966. The molecule has 0 unspecified atom stereocenters. The maximum Gasteiger partial charge on any atom is 0.278 e. The predicted molar refractivity (Wildman–Crippen MR) is 117 cm³/mol. The van der Waals surface area contributed by atoms with Crippen LogP contribution in [0.1, 0.15) is 26.3 Å². The first-order valence-electron chi connectivity index (χ1n) is 10.1. The lowest BCUT2D eigenvalue weighted by atomic mass is 10.0. The fourth-order valence-corrected chi connectivity index (χ4v) is 3.67. The highest BCUT2D eigenvalue weighted by Crippen LogP contribution is 2.37. The normalized spacial score (nSPS) is 14.0. The van der Waals surface area contributed by atoms with Crippen molar-refractivity contribution in [3.05, 3.63) is 59.8 Å². The minimum atomic E-state index is -0.287. The Hall–Kier alpha value is -3.28. The van der Waals surface area contributed by atoms with E-state index in [4.69, 9.17) is 9.47 Å². The molecule has 6 heteroatoms. The maximum atomic E-state index is 13.4. The molecule has 30 heavy (non-hydrogen) atoms. The molecule has 0 aromatic heterocycles. The van der Waals surface area contributed by atoms with E-state index in [1.807, 2.05) is 56.0 Å². The van der Waals surface area contributed by atoms with E-state index in [0.717, 1.165) is 5.69 Å². The van der Waals surface area contributed by atoms with Crippen LogP contribution in [-0.2, 0) is 9.59 Å². The number of amides is 2. The highest BCUT2D eigenvalue weighted by molar-refractivity contribution is 6.36. The van der Waals surface area contributed by atoms with E-state index in [1.165, 1.54) is 4.90 Å². The molecule has 3 rings (SSSR count). The Labute approximate surface area is 177 Å². The van der Waals surface area contributed by atoms with Gasteiger partial charge in [-0.1, -0.05) is 38.1 Å². The number of benzene rings is 2.